The van der Waals surface area contributed by atoms with Crippen LogP contribution in [0.4, 0.5) is 0 Å². The van der Waals surface area contributed by atoms with Crippen LogP contribution in [-0.2, 0) is 4.79 Å². The number of Topliss-reactive ketones (excluding diaryl/α,β-unsaturated/α-hetero) is 1. The molecule has 1 saturated heterocycles. The average molecular weight is 192 g/mol. The molecule has 2 aliphatic rings. The van der Waals surface area contributed by atoms with Crippen LogP contribution in [-0.4, -0.2) is 30.3 Å². The minimum atomic E-state index is -0.341. The van der Waals surface area contributed by atoms with Gasteiger partial charge in [-0.05, 0) is 26.4 Å². The van der Waals surface area contributed by atoms with Gasteiger partial charge in [0.25, 0.3) is 0 Å². The molecule has 3 heteroatoms. The summed E-state index contributed by atoms with van der Waals surface area (Å²) in [5, 5.41) is 9.20. The summed E-state index contributed by atoms with van der Waals surface area (Å²) in [6.45, 7) is 1.07. The molecule has 1 heterocycles. The molecule has 14 heavy (non-hydrogen) atoms. The molecule has 0 bridgehead atoms. The lowest BCUT2D eigenvalue weighted by Gasteiger charge is -2.47. The van der Waals surface area contributed by atoms with Gasteiger partial charge in [0.15, 0.2) is 0 Å². The van der Waals surface area contributed by atoms with E-state index in [1.807, 2.05) is 0 Å². The van der Waals surface area contributed by atoms with Crippen LogP contribution in [0, 0.1) is 16.7 Å². The molecule has 2 fully saturated rings. The van der Waals surface area contributed by atoms with E-state index in [0.29, 0.717) is 18.9 Å². The van der Waals surface area contributed by atoms with E-state index in [9.17, 15) is 10.1 Å². The molecule has 2 rings (SSSR count). The highest BCUT2D eigenvalue weighted by atomic mass is 16.1. The molecule has 3 nitrogen and oxygen atoms in total. The van der Waals surface area contributed by atoms with Gasteiger partial charge >= 0.3 is 0 Å². The minimum Gasteiger partial charge on any atom is -0.302 e. The first-order chi connectivity index (χ1) is 6.68. The number of likely N-dealkylation sites (tertiary alicyclic amines) is 1. The summed E-state index contributed by atoms with van der Waals surface area (Å²) in [6, 6.07) is 2.70. The summed E-state index contributed by atoms with van der Waals surface area (Å²) in [7, 11) is 2.08. The van der Waals surface area contributed by atoms with Crippen LogP contribution in [0.5, 0.6) is 0 Å². The fraction of sp³-hybridized carbons (Fsp3) is 0.818. The second kappa shape index (κ2) is 3.36. The molecule has 1 saturated carbocycles. The third kappa shape index (κ3) is 1.34. The number of ketones is 1. The van der Waals surface area contributed by atoms with E-state index in [-0.39, 0.29) is 11.2 Å². The number of nitrogens with zero attached hydrogens (tertiary/aromatic N) is 2. The molecule has 0 amide bonds. The predicted molar refractivity (Wildman–Crippen MR) is 52.6 cm³/mol. The molecule has 0 aromatic rings. The van der Waals surface area contributed by atoms with Crippen LogP contribution < -0.4 is 0 Å². The molecule has 0 aromatic heterocycles. The van der Waals surface area contributed by atoms with Gasteiger partial charge in [0.05, 0.1) is 11.5 Å². The number of hydrogen-bond donors (Lipinski definition) is 0. The van der Waals surface area contributed by atoms with Crippen LogP contribution in [0.25, 0.3) is 0 Å². The average Bonchev–Trinajstić information content (AvgIpc) is 2.14. The van der Waals surface area contributed by atoms with Gasteiger partial charge in [0.1, 0.15) is 5.78 Å². The number of nitriles is 1. The number of rotatable bonds is 1. The highest BCUT2D eigenvalue weighted by Gasteiger charge is 2.51. The Balaban J connectivity index is 2.12. The zero-order chi connectivity index (χ0) is 10.2. The fourth-order valence-corrected chi connectivity index (χ4v) is 2.81. The second-order valence-electron chi connectivity index (χ2n) is 4.65. The van der Waals surface area contributed by atoms with Gasteiger partial charge in [-0.25, -0.2) is 0 Å². The topological polar surface area (TPSA) is 44.1 Å². The zero-order valence-corrected chi connectivity index (χ0v) is 8.62. The Kier molecular flexibility index (Phi) is 2.32. The molecule has 0 spiro atoms. The van der Waals surface area contributed by atoms with E-state index in [2.05, 4.69) is 18.0 Å². The smallest absolute Gasteiger partial charge is 0.136 e. The van der Waals surface area contributed by atoms with Gasteiger partial charge in [0, 0.05) is 18.9 Å². The van der Waals surface area contributed by atoms with Crippen LogP contribution in [0.15, 0.2) is 0 Å². The summed E-state index contributed by atoms with van der Waals surface area (Å²) in [6.07, 6.45) is 4.48. The fourth-order valence-electron chi connectivity index (χ4n) is 2.81. The van der Waals surface area contributed by atoms with Crippen molar-refractivity contribution in [1.29, 1.82) is 5.26 Å². The van der Waals surface area contributed by atoms with E-state index in [4.69, 9.17) is 0 Å². The van der Waals surface area contributed by atoms with Crippen molar-refractivity contribution < 1.29 is 4.79 Å². The summed E-state index contributed by atoms with van der Waals surface area (Å²) in [5.74, 6) is 0.255. The summed E-state index contributed by atoms with van der Waals surface area (Å²) < 4.78 is 0. The minimum absolute atomic E-state index is 0.255. The van der Waals surface area contributed by atoms with E-state index >= 15 is 0 Å². The van der Waals surface area contributed by atoms with Gasteiger partial charge in [-0.3, -0.25) is 4.79 Å². The quantitative estimate of drug-likeness (QED) is 0.629. The first-order valence-electron chi connectivity index (χ1n) is 5.31. The Labute approximate surface area is 84.7 Å². The molecule has 1 atom stereocenters. The first kappa shape index (κ1) is 9.67. The lowest BCUT2D eigenvalue weighted by Crippen LogP contribution is -2.54. The number of carbonyl (C=O) groups is 1. The molecule has 0 radical (unpaired) electrons. The predicted octanol–water partition coefficient (Wildman–Crippen LogP) is 1.34. The molecule has 0 N–H and O–H groups in total. The van der Waals surface area contributed by atoms with Crippen LogP contribution >= 0.6 is 0 Å². The van der Waals surface area contributed by atoms with Crippen molar-refractivity contribution in [2.45, 2.75) is 38.1 Å². The van der Waals surface area contributed by atoms with E-state index < -0.39 is 0 Å². The monoisotopic (exact) mass is 192 g/mol. The van der Waals surface area contributed by atoms with Crippen molar-refractivity contribution in [3.8, 4) is 6.07 Å². The summed E-state index contributed by atoms with van der Waals surface area (Å²) in [4.78, 5) is 13.3. The van der Waals surface area contributed by atoms with Crippen LogP contribution in [0.2, 0.25) is 0 Å². The molecule has 1 aliphatic heterocycles. The van der Waals surface area contributed by atoms with Crippen molar-refractivity contribution in [3.05, 3.63) is 0 Å². The number of piperidine rings is 1. The Morgan fingerprint density at radius 2 is 2.21 bits per heavy atom. The van der Waals surface area contributed by atoms with Gasteiger partial charge < -0.3 is 4.90 Å². The maximum atomic E-state index is 11.1. The maximum absolute atomic E-state index is 11.1. The molecular weight excluding hydrogens is 176 g/mol. The lowest BCUT2D eigenvalue weighted by atomic mass is 9.62. The van der Waals surface area contributed by atoms with Crippen molar-refractivity contribution in [1.82, 2.24) is 4.90 Å². The Morgan fingerprint density at radius 1 is 1.50 bits per heavy atom. The van der Waals surface area contributed by atoms with Crippen molar-refractivity contribution in [2.24, 2.45) is 5.41 Å². The SMILES string of the molecule is CN1CCCCC1C1(C#N)CC(=O)C1. The molecule has 0 aromatic carbocycles. The lowest BCUT2D eigenvalue weighted by molar-refractivity contribution is -0.133. The molecule has 1 aliphatic carbocycles. The van der Waals surface area contributed by atoms with E-state index in [0.717, 1.165) is 13.0 Å². The first-order valence-corrected chi connectivity index (χ1v) is 5.31. The largest absolute Gasteiger partial charge is 0.302 e. The third-order valence-electron chi connectivity index (χ3n) is 3.66. The van der Waals surface area contributed by atoms with Crippen molar-refractivity contribution in [3.63, 3.8) is 0 Å². The Bertz CT molecular complexity index is 284. The molecule has 76 valence electrons. The van der Waals surface area contributed by atoms with Crippen LogP contribution in [0.1, 0.15) is 32.1 Å². The second-order valence-corrected chi connectivity index (χ2v) is 4.65. The van der Waals surface area contributed by atoms with Crippen molar-refractivity contribution in [2.75, 3.05) is 13.6 Å². The zero-order valence-electron chi connectivity index (χ0n) is 8.62. The highest BCUT2D eigenvalue weighted by molar-refractivity contribution is 5.87. The van der Waals surface area contributed by atoms with Gasteiger partial charge in [-0.2, -0.15) is 5.26 Å². The van der Waals surface area contributed by atoms with Gasteiger partial charge in [0.2, 0.25) is 0 Å². The normalized spacial score (nSPS) is 32.0. The Morgan fingerprint density at radius 3 is 2.71 bits per heavy atom. The van der Waals surface area contributed by atoms with Crippen molar-refractivity contribution >= 4 is 5.78 Å². The molecular formula is C11H16N2O. The summed E-state index contributed by atoms with van der Waals surface area (Å²) >= 11 is 0. The summed E-state index contributed by atoms with van der Waals surface area (Å²) in [5.41, 5.74) is -0.341. The van der Waals surface area contributed by atoms with Gasteiger partial charge in [-0.15, -0.1) is 0 Å². The third-order valence-corrected chi connectivity index (χ3v) is 3.66. The number of hydrogen-bond acceptors (Lipinski definition) is 3. The molecule has 1 unspecified atom stereocenters. The number of carbonyl (C=O) groups excluding carboxylic acids is 1. The Hall–Kier alpha value is -0.880. The maximum Gasteiger partial charge on any atom is 0.136 e. The van der Waals surface area contributed by atoms with Crippen LogP contribution in [0.3, 0.4) is 0 Å². The van der Waals surface area contributed by atoms with Gasteiger partial charge in [-0.1, -0.05) is 6.42 Å². The van der Waals surface area contributed by atoms with E-state index in [1.165, 1.54) is 12.8 Å². The van der Waals surface area contributed by atoms with E-state index in [1.54, 1.807) is 0 Å². The standard InChI is InChI=1S/C11H16N2O/c1-13-5-3-2-4-10(13)11(8-12)6-9(14)7-11/h10H,2-7H2,1H3. The highest BCUT2D eigenvalue weighted by Crippen LogP contribution is 2.45.